The molecule has 11 nitrogen and oxygen atoms in total. The number of morpholine rings is 1. The van der Waals surface area contributed by atoms with Crippen LogP contribution in [0.15, 0.2) is 0 Å². The SMILES string of the molecule is CN(C)CCN1CCOCC2(C1)CN(C(=O)C1[C@H]3COC[C@@H]13)CCO2.O=C(O)C(F)(F)F.O=C(O)C(F)(F)F. The van der Waals surface area contributed by atoms with Gasteiger partial charge in [-0.2, -0.15) is 26.3 Å². The molecule has 4 aliphatic rings. The molecule has 0 bridgehead atoms. The van der Waals surface area contributed by atoms with Crippen LogP contribution in [0.1, 0.15) is 0 Å². The standard InChI is InChI=1S/C18H31N3O4.2C2HF3O2/c1-19(2)3-4-20-5-7-23-13-18(11-20)12-21(6-8-25-18)17(22)16-14-9-24-10-15(14)16;2*3-2(4,5)1(6)7/h14-16H,3-13H2,1-2H3;2*(H,6,7)/t14-,15+,16?,18?;;. The predicted octanol–water partition coefficient (Wildman–Crippen LogP) is 0.637. The average molecular weight is 582 g/mol. The summed E-state index contributed by atoms with van der Waals surface area (Å²) in [6, 6.07) is 0. The normalized spacial score (nSPS) is 28.9. The largest absolute Gasteiger partial charge is 0.490 e. The number of nitrogens with zero attached hydrogens (tertiary/aromatic N) is 3. The Hall–Kier alpha value is -2.21. The quantitative estimate of drug-likeness (QED) is 0.457. The number of alkyl halides is 6. The van der Waals surface area contributed by atoms with Crippen molar-refractivity contribution >= 4 is 17.8 Å². The van der Waals surface area contributed by atoms with E-state index in [9.17, 15) is 31.1 Å². The molecule has 3 aliphatic heterocycles. The Balaban J connectivity index is 0.000000317. The number of fused-ring (bicyclic) bond motifs is 1. The molecule has 0 radical (unpaired) electrons. The first kappa shape index (κ1) is 33.0. The van der Waals surface area contributed by atoms with Crippen molar-refractivity contribution in [1.29, 1.82) is 0 Å². The Kier molecular flexibility index (Phi) is 11.4. The van der Waals surface area contributed by atoms with Gasteiger partial charge in [0.25, 0.3) is 0 Å². The van der Waals surface area contributed by atoms with E-state index in [4.69, 9.17) is 34.0 Å². The average Bonchev–Trinajstić information content (AvgIpc) is 3.37. The maximum absolute atomic E-state index is 12.9. The van der Waals surface area contributed by atoms with Gasteiger partial charge >= 0.3 is 24.3 Å². The third-order valence-electron chi connectivity index (χ3n) is 6.57. The summed E-state index contributed by atoms with van der Waals surface area (Å²) in [4.78, 5) is 37.4. The summed E-state index contributed by atoms with van der Waals surface area (Å²) < 4.78 is 81.0. The number of carboxylic acid groups (broad SMARTS) is 2. The van der Waals surface area contributed by atoms with Gasteiger partial charge in [0.05, 0.1) is 39.6 Å². The highest BCUT2D eigenvalue weighted by Gasteiger charge is 2.59. The summed E-state index contributed by atoms with van der Waals surface area (Å²) in [5.74, 6) is -4.08. The number of hydrogen-bond donors (Lipinski definition) is 2. The van der Waals surface area contributed by atoms with Crippen molar-refractivity contribution in [2.24, 2.45) is 17.8 Å². The van der Waals surface area contributed by atoms with Crippen LogP contribution in [0.4, 0.5) is 26.3 Å². The van der Waals surface area contributed by atoms with Crippen LogP contribution < -0.4 is 0 Å². The van der Waals surface area contributed by atoms with E-state index in [1.54, 1.807) is 0 Å². The van der Waals surface area contributed by atoms with Crippen molar-refractivity contribution in [1.82, 2.24) is 14.7 Å². The molecule has 1 spiro atoms. The van der Waals surface area contributed by atoms with Gasteiger partial charge in [0.1, 0.15) is 5.60 Å². The molecule has 3 saturated heterocycles. The highest BCUT2D eigenvalue weighted by Crippen LogP contribution is 2.51. The zero-order valence-electron chi connectivity index (χ0n) is 21.5. The van der Waals surface area contributed by atoms with Crippen molar-refractivity contribution in [3.63, 3.8) is 0 Å². The zero-order chi connectivity index (χ0) is 29.6. The van der Waals surface area contributed by atoms with E-state index in [0.29, 0.717) is 44.0 Å². The Morgan fingerprint density at radius 1 is 0.897 bits per heavy atom. The smallest absolute Gasteiger partial charge is 0.475 e. The summed E-state index contributed by atoms with van der Waals surface area (Å²) in [6.07, 6.45) is -10.2. The van der Waals surface area contributed by atoms with E-state index in [-0.39, 0.29) is 11.5 Å². The fourth-order valence-corrected chi connectivity index (χ4v) is 4.55. The van der Waals surface area contributed by atoms with Gasteiger partial charge < -0.3 is 34.2 Å². The van der Waals surface area contributed by atoms with Gasteiger partial charge in [-0.3, -0.25) is 9.69 Å². The van der Waals surface area contributed by atoms with Gasteiger partial charge in [0, 0.05) is 38.6 Å². The second-order valence-corrected chi connectivity index (χ2v) is 9.92. The lowest BCUT2D eigenvalue weighted by molar-refractivity contribution is -0.193. The molecule has 1 saturated carbocycles. The van der Waals surface area contributed by atoms with E-state index in [1.807, 2.05) is 4.90 Å². The van der Waals surface area contributed by atoms with Crippen LogP contribution in [0.2, 0.25) is 0 Å². The molecule has 2 N–H and O–H groups in total. The zero-order valence-corrected chi connectivity index (χ0v) is 21.5. The van der Waals surface area contributed by atoms with Gasteiger partial charge in [0.2, 0.25) is 5.91 Å². The van der Waals surface area contributed by atoms with Crippen molar-refractivity contribution in [3.05, 3.63) is 0 Å². The molecule has 3 heterocycles. The lowest BCUT2D eigenvalue weighted by atomic mass is 10.0. The summed E-state index contributed by atoms with van der Waals surface area (Å²) in [5.41, 5.74) is -0.378. The molecule has 39 heavy (non-hydrogen) atoms. The number of hydrogen-bond acceptors (Lipinski definition) is 8. The van der Waals surface area contributed by atoms with Gasteiger partial charge in [0.15, 0.2) is 0 Å². The number of carbonyl (C=O) groups excluding carboxylic acids is 1. The Morgan fingerprint density at radius 3 is 1.92 bits per heavy atom. The predicted molar refractivity (Wildman–Crippen MR) is 120 cm³/mol. The summed E-state index contributed by atoms with van der Waals surface area (Å²) in [6.45, 7) is 8.58. The number of carboxylic acids is 2. The molecule has 4 fully saturated rings. The van der Waals surface area contributed by atoms with E-state index in [2.05, 4.69) is 23.9 Å². The molecule has 0 aromatic rings. The maximum atomic E-state index is 12.9. The lowest BCUT2D eigenvalue weighted by Crippen LogP contribution is -2.60. The summed E-state index contributed by atoms with van der Waals surface area (Å²) in [7, 11) is 4.19. The molecular formula is C22H33F6N3O8. The third-order valence-corrected chi connectivity index (χ3v) is 6.57. The molecule has 226 valence electrons. The number of carbonyl (C=O) groups is 3. The van der Waals surface area contributed by atoms with Gasteiger partial charge in [-0.25, -0.2) is 9.59 Å². The molecule has 4 rings (SSSR count). The molecular weight excluding hydrogens is 548 g/mol. The fourth-order valence-electron chi connectivity index (χ4n) is 4.55. The topological polar surface area (TPSA) is 129 Å². The van der Waals surface area contributed by atoms with E-state index < -0.39 is 24.3 Å². The Morgan fingerprint density at radius 2 is 1.44 bits per heavy atom. The van der Waals surface area contributed by atoms with Crippen LogP contribution >= 0.6 is 0 Å². The monoisotopic (exact) mass is 581 g/mol. The highest BCUT2D eigenvalue weighted by atomic mass is 19.4. The number of likely N-dealkylation sites (N-methyl/N-ethyl adjacent to an activating group) is 1. The van der Waals surface area contributed by atoms with Crippen LogP contribution in [-0.4, -0.2) is 147 Å². The van der Waals surface area contributed by atoms with Crippen molar-refractivity contribution in [2.45, 2.75) is 18.0 Å². The molecule has 1 amide bonds. The van der Waals surface area contributed by atoms with Crippen molar-refractivity contribution < 1.29 is 65.1 Å². The molecule has 2 unspecified atom stereocenters. The first-order valence-electron chi connectivity index (χ1n) is 12.0. The van der Waals surface area contributed by atoms with Crippen molar-refractivity contribution in [2.75, 3.05) is 86.4 Å². The number of rotatable bonds is 4. The number of ether oxygens (including phenoxy) is 3. The molecule has 0 aromatic heterocycles. The minimum Gasteiger partial charge on any atom is -0.475 e. The second kappa shape index (κ2) is 13.4. The minimum atomic E-state index is -5.08. The molecule has 1 aliphatic carbocycles. The minimum absolute atomic E-state index is 0.195. The summed E-state index contributed by atoms with van der Waals surface area (Å²) >= 11 is 0. The molecule has 4 atom stereocenters. The second-order valence-electron chi connectivity index (χ2n) is 9.92. The molecule has 17 heteroatoms. The number of amides is 1. The van der Waals surface area contributed by atoms with Crippen LogP contribution in [-0.2, 0) is 28.6 Å². The number of halogens is 6. The van der Waals surface area contributed by atoms with E-state index in [0.717, 1.165) is 46.0 Å². The first-order valence-corrected chi connectivity index (χ1v) is 12.0. The van der Waals surface area contributed by atoms with Crippen LogP contribution in [0.5, 0.6) is 0 Å². The maximum Gasteiger partial charge on any atom is 0.490 e. The van der Waals surface area contributed by atoms with Crippen LogP contribution in [0.25, 0.3) is 0 Å². The van der Waals surface area contributed by atoms with Gasteiger partial charge in [-0.1, -0.05) is 0 Å². The first-order chi connectivity index (χ1) is 18.0. The lowest BCUT2D eigenvalue weighted by Gasteiger charge is -2.43. The van der Waals surface area contributed by atoms with Crippen molar-refractivity contribution in [3.8, 4) is 0 Å². The van der Waals surface area contributed by atoms with E-state index >= 15 is 0 Å². The fraction of sp³-hybridized carbons (Fsp3) is 0.864. The van der Waals surface area contributed by atoms with Gasteiger partial charge in [-0.15, -0.1) is 0 Å². The third kappa shape index (κ3) is 10.0. The van der Waals surface area contributed by atoms with Crippen LogP contribution in [0, 0.1) is 17.8 Å². The van der Waals surface area contributed by atoms with Crippen LogP contribution in [0.3, 0.4) is 0 Å². The summed E-state index contributed by atoms with van der Waals surface area (Å²) in [5, 5.41) is 14.2. The van der Waals surface area contributed by atoms with E-state index in [1.165, 1.54) is 0 Å². The Labute approximate surface area is 220 Å². The highest BCUT2D eigenvalue weighted by molar-refractivity contribution is 5.82. The molecule has 0 aromatic carbocycles. The Bertz CT molecular complexity index is 825. The number of aliphatic carboxylic acids is 2. The van der Waals surface area contributed by atoms with Gasteiger partial charge in [-0.05, 0) is 25.9 Å².